The van der Waals surface area contributed by atoms with Crippen LogP contribution in [-0.2, 0) is 11.3 Å². The van der Waals surface area contributed by atoms with E-state index in [9.17, 15) is 4.79 Å². The van der Waals surface area contributed by atoms with E-state index in [0.29, 0.717) is 0 Å². The smallest absolute Gasteiger partial charge is 0.247 e. The van der Waals surface area contributed by atoms with Crippen LogP contribution in [0.3, 0.4) is 0 Å². The van der Waals surface area contributed by atoms with Crippen molar-refractivity contribution < 1.29 is 4.79 Å². The van der Waals surface area contributed by atoms with Crippen molar-refractivity contribution in [3.63, 3.8) is 0 Å². The average molecular weight is 492 g/mol. The first-order chi connectivity index (χ1) is 17.6. The van der Waals surface area contributed by atoms with Gasteiger partial charge in [-0.25, -0.2) is 4.98 Å². The number of imidazole rings is 1. The van der Waals surface area contributed by atoms with Gasteiger partial charge in [-0.2, -0.15) is 0 Å². The average Bonchev–Trinajstić information content (AvgIpc) is 3.27. The number of carbonyl (C=O) groups is 1. The molecule has 1 heterocycles. The van der Waals surface area contributed by atoms with E-state index in [0.717, 1.165) is 33.0 Å². The van der Waals surface area contributed by atoms with Crippen LogP contribution in [0.5, 0.6) is 0 Å². The minimum absolute atomic E-state index is 0.0294. The van der Waals surface area contributed by atoms with Crippen LogP contribution >= 0.6 is 11.8 Å². The molecule has 1 unspecified atom stereocenters. The van der Waals surface area contributed by atoms with Crippen molar-refractivity contribution in [2.75, 3.05) is 4.90 Å². The monoisotopic (exact) mass is 491 g/mol. The Bertz CT molecular complexity index is 1430. The predicted octanol–water partition coefficient (Wildman–Crippen LogP) is 7.36. The van der Waals surface area contributed by atoms with E-state index in [1.165, 1.54) is 0 Å². The molecule has 0 aliphatic rings. The molecule has 0 bridgehead atoms. The SMILES string of the molecule is CC(C)N(C(=O)Cn1c(C(Sc2ccccc2)c2ccccc2)nc2ccccc21)c1ccccc1. The summed E-state index contributed by atoms with van der Waals surface area (Å²) in [5, 5.41) is -0.0713. The summed E-state index contributed by atoms with van der Waals surface area (Å²) >= 11 is 1.75. The van der Waals surface area contributed by atoms with Gasteiger partial charge in [-0.15, -0.1) is 11.8 Å². The van der Waals surface area contributed by atoms with Crippen molar-refractivity contribution in [3.05, 3.63) is 127 Å². The third-order valence-corrected chi connectivity index (χ3v) is 7.39. The molecule has 180 valence electrons. The highest BCUT2D eigenvalue weighted by atomic mass is 32.2. The molecule has 0 N–H and O–H groups in total. The number of carbonyl (C=O) groups excluding carboxylic acids is 1. The lowest BCUT2D eigenvalue weighted by Crippen LogP contribution is -2.39. The Labute approximate surface area is 216 Å². The van der Waals surface area contributed by atoms with Crippen molar-refractivity contribution in [2.24, 2.45) is 0 Å². The zero-order chi connectivity index (χ0) is 24.9. The number of para-hydroxylation sites is 3. The standard InChI is InChI=1S/C31H29N3OS/c1-23(2)34(25-16-8-4-9-17-25)29(35)22-33-28-21-13-12-20-27(28)32-31(33)30(24-14-6-3-7-15-24)36-26-18-10-5-11-19-26/h3-21,23,30H,22H2,1-2H3. The van der Waals surface area contributed by atoms with Crippen LogP contribution in [0.25, 0.3) is 11.0 Å². The summed E-state index contributed by atoms with van der Waals surface area (Å²) in [5.74, 6) is 0.915. The summed E-state index contributed by atoms with van der Waals surface area (Å²) in [6, 6.07) is 38.8. The summed E-state index contributed by atoms with van der Waals surface area (Å²) in [6.45, 7) is 4.31. The summed E-state index contributed by atoms with van der Waals surface area (Å²) in [5.41, 5.74) is 3.92. The first-order valence-corrected chi connectivity index (χ1v) is 13.1. The number of aromatic nitrogens is 2. The highest BCUT2D eigenvalue weighted by molar-refractivity contribution is 7.99. The molecule has 5 rings (SSSR count). The maximum absolute atomic E-state index is 13.8. The summed E-state index contributed by atoms with van der Waals surface area (Å²) in [7, 11) is 0. The van der Waals surface area contributed by atoms with Gasteiger partial charge in [0, 0.05) is 16.6 Å². The third kappa shape index (κ3) is 5.07. The van der Waals surface area contributed by atoms with Crippen LogP contribution in [0.1, 0.15) is 30.5 Å². The van der Waals surface area contributed by atoms with Crippen molar-refractivity contribution in [3.8, 4) is 0 Å². The van der Waals surface area contributed by atoms with E-state index in [2.05, 4.69) is 73.0 Å². The van der Waals surface area contributed by atoms with Gasteiger partial charge in [-0.3, -0.25) is 4.79 Å². The molecule has 5 heteroatoms. The van der Waals surface area contributed by atoms with Crippen LogP contribution in [0, 0.1) is 0 Å². The lowest BCUT2D eigenvalue weighted by molar-refractivity contribution is -0.119. The molecule has 0 fully saturated rings. The molecule has 0 aliphatic heterocycles. The molecular formula is C31H29N3OS. The zero-order valence-corrected chi connectivity index (χ0v) is 21.3. The zero-order valence-electron chi connectivity index (χ0n) is 20.5. The Morgan fingerprint density at radius 1 is 0.806 bits per heavy atom. The molecule has 0 aliphatic carbocycles. The second-order valence-corrected chi connectivity index (χ2v) is 10.1. The Morgan fingerprint density at radius 3 is 2.06 bits per heavy atom. The lowest BCUT2D eigenvalue weighted by Gasteiger charge is -2.28. The molecule has 1 atom stereocenters. The number of hydrogen-bond acceptors (Lipinski definition) is 3. The topological polar surface area (TPSA) is 38.1 Å². The molecule has 5 aromatic rings. The van der Waals surface area contributed by atoms with Gasteiger partial charge in [0.2, 0.25) is 5.91 Å². The molecule has 0 spiro atoms. The predicted molar refractivity (Wildman–Crippen MR) is 149 cm³/mol. The normalized spacial score (nSPS) is 12.1. The number of amides is 1. The number of benzene rings is 4. The van der Waals surface area contributed by atoms with Crippen LogP contribution < -0.4 is 4.90 Å². The van der Waals surface area contributed by atoms with Crippen LogP contribution in [0.15, 0.2) is 120 Å². The fraction of sp³-hybridized carbons (Fsp3) is 0.161. The molecule has 1 amide bonds. The van der Waals surface area contributed by atoms with Gasteiger partial charge < -0.3 is 9.47 Å². The number of nitrogens with zero attached hydrogens (tertiary/aromatic N) is 3. The third-order valence-electron chi connectivity index (χ3n) is 6.13. The number of anilines is 1. The second kappa shape index (κ2) is 10.8. The molecule has 36 heavy (non-hydrogen) atoms. The Morgan fingerprint density at radius 2 is 1.39 bits per heavy atom. The quantitative estimate of drug-likeness (QED) is 0.213. The molecule has 1 aromatic heterocycles. The van der Waals surface area contributed by atoms with Crippen molar-refractivity contribution in [1.29, 1.82) is 0 Å². The van der Waals surface area contributed by atoms with Crippen molar-refractivity contribution in [1.82, 2.24) is 9.55 Å². The summed E-state index contributed by atoms with van der Waals surface area (Å²) in [6.07, 6.45) is 0. The van der Waals surface area contributed by atoms with E-state index in [4.69, 9.17) is 4.98 Å². The van der Waals surface area contributed by atoms with Gasteiger partial charge >= 0.3 is 0 Å². The highest BCUT2D eigenvalue weighted by Gasteiger charge is 2.27. The summed E-state index contributed by atoms with van der Waals surface area (Å²) < 4.78 is 2.10. The van der Waals surface area contributed by atoms with Crippen molar-refractivity contribution in [2.45, 2.75) is 36.6 Å². The molecule has 0 saturated heterocycles. The largest absolute Gasteiger partial charge is 0.317 e. The molecule has 0 saturated carbocycles. The summed E-state index contributed by atoms with van der Waals surface area (Å²) in [4.78, 5) is 22.0. The van der Waals surface area contributed by atoms with Gasteiger partial charge in [0.15, 0.2) is 0 Å². The van der Waals surface area contributed by atoms with Crippen LogP contribution in [-0.4, -0.2) is 21.5 Å². The van der Waals surface area contributed by atoms with Gasteiger partial charge in [-0.05, 0) is 55.8 Å². The molecular weight excluding hydrogens is 462 g/mol. The minimum Gasteiger partial charge on any atom is -0.317 e. The van der Waals surface area contributed by atoms with Gasteiger partial charge in [-0.1, -0.05) is 78.9 Å². The Kier molecular flexibility index (Phi) is 7.19. The maximum atomic E-state index is 13.8. The highest BCUT2D eigenvalue weighted by Crippen LogP contribution is 2.41. The van der Waals surface area contributed by atoms with Gasteiger partial charge in [0.25, 0.3) is 0 Å². The fourth-order valence-electron chi connectivity index (χ4n) is 4.52. The van der Waals surface area contributed by atoms with E-state index in [1.54, 1.807) is 11.8 Å². The van der Waals surface area contributed by atoms with Gasteiger partial charge in [0.1, 0.15) is 12.4 Å². The lowest BCUT2D eigenvalue weighted by atomic mass is 10.1. The van der Waals surface area contributed by atoms with E-state index in [1.807, 2.05) is 65.6 Å². The Balaban J connectivity index is 1.60. The Hall–Kier alpha value is -3.83. The van der Waals surface area contributed by atoms with E-state index < -0.39 is 0 Å². The van der Waals surface area contributed by atoms with E-state index >= 15 is 0 Å². The van der Waals surface area contributed by atoms with Gasteiger partial charge in [0.05, 0.1) is 16.3 Å². The van der Waals surface area contributed by atoms with Crippen molar-refractivity contribution >= 4 is 34.4 Å². The van der Waals surface area contributed by atoms with E-state index in [-0.39, 0.29) is 23.7 Å². The number of hydrogen-bond donors (Lipinski definition) is 0. The maximum Gasteiger partial charge on any atom is 0.247 e. The number of thioether (sulfide) groups is 1. The molecule has 4 nitrogen and oxygen atoms in total. The minimum atomic E-state index is -0.0713. The first-order valence-electron chi connectivity index (χ1n) is 12.2. The molecule has 0 radical (unpaired) electrons. The fourth-order valence-corrected chi connectivity index (χ4v) is 5.69. The first kappa shape index (κ1) is 23.9. The number of fused-ring (bicyclic) bond motifs is 1. The van der Waals surface area contributed by atoms with Crippen LogP contribution in [0.4, 0.5) is 5.69 Å². The number of rotatable bonds is 8. The van der Waals surface area contributed by atoms with Crippen LogP contribution in [0.2, 0.25) is 0 Å². The molecule has 4 aromatic carbocycles. The second-order valence-electron chi connectivity index (χ2n) is 8.96.